The molecule has 2 fully saturated rings. The predicted molar refractivity (Wildman–Crippen MR) is 83.2 cm³/mol. The van der Waals surface area contributed by atoms with E-state index < -0.39 is 0 Å². The van der Waals surface area contributed by atoms with Crippen molar-refractivity contribution in [1.82, 2.24) is 24.9 Å². The molecule has 0 saturated carbocycles. The van der Waals surface area contributed by atoms with E-state index in [0.29, 0.717) is 13.1 Å². The van der Waals surface area contributed by atoms with Gasteiger partial charge in [0.25, 0.3) is 0 Å². The summed E-state index contributed by atoms with van der Waals surface area (Å²) in [4.78, 5) is 26.9. The van der Waals surface area contributed by atoms with Crippen LogP contribution in [0.5, 0.6) is 5.88 Å². The van der Waals surface area contributed by atoms with E-state index >= 15 is 0 Å². The maximum Gasteiger partial charge on any atom is 0.324 e. The third-order valence-electron chi connectivity index (χ3n) is 4.65. The number of urea groups is 1. The van der Waals surface area contributed by atoms with Gasteiger partial charge in [0, 0.05) is 26.2 Å². The number of ether oxygens (including phenoxy) is 1. The minimum absolute atomic E-state index is 0.109. The molecule has 3 rings (SSSR count). The molecule has 126 valence electrons. The van der Waals surface area contributed by atoms with Gasteiger partial charge in [-0.1, -0.05) is 0 Å². The maximum atomic E-state index is 11.7. The van der Waals surface area contributed by atoms with Crippen LogP contribution in [-0.4, -0.2) is 64.8 Å². The zero-order valence-corrected chi connectivity index (χ0v) is 13.8. The van der Waals surface area contributed by atoms with Crippen molar-refractivity contribution in [3.05, 3.63) is 11.3 Å². The zero-order valence-electron chi connectivity index (χ0n) is 13.8. The lowest BCUT2D eigenvalue weighted by molar-refractivity contribution is -0.125. The van der Waals surface area contributed by atoms with Crippen molar-refractivity contribution in [2.24, 2.45) is 7.05 Å². The number of hydrogen-bond acceptors (Lipinski definition) is 5. The molecule has 0 aromatic carbocycles. The minimum Gasteiger partial charge on any atom is -0.481 e. The molecule has 23 heavy (non-hydrogen) atoms. The highest BCUT2D eigenvalue weighted by Crippen LogP contribution is 2.38. The van der Waals surface area contributed by atoms with Crippen LogP contribution in [0.25, 0.3) is 0 Å². The Morgan fingerprint density at radius 1 is 1.35 bits per heavy atom. The Morgan fingerprint density at radius 3 is 2.78 bits per heavy atom. The first-order valence-electron chi connectivity index (χ1n) is 7.92. The van der Waals surface area contributed by atoms with Gasteiger partial charge in [-0.2, -0.15) is 5.10 Å². The molecule has 0 radical (unpaired) electrons. The van der Waals surface area contributed by atoms with Gasteiger partial charge in [-0.25, -0.2) is 9.48 Å². The van der Waals surface area contributed by atoms with Gasteiger partial charge in [0.2, 0.25) is 11.8 Å². The molecule has 1 aromatic rings. The maximum absolute atomic E-state index is 11.7. The number of aryl methyl sites for hydroxylation is 2. The van der Waals surface area contributed by atoms with Crippen LogP contribution < -0.4 is 10.1 Å². The van der Waals surface area contributed by atoms with Crippen LogP contribution in [0.3, 0.4) is 0 Å². The molecule has 8 heteroatoms. The summed E-state index contributed by atoms with van der Waals surface area (Å²) in [5.74, 6) is 0.635. The number of methoxy groups -OCH3 is 1. The van der Waals surface area contributed by atoms with Gasteiger partial charge in [-0.05, 0) is 26.3 Å². The number of amides is 3. The number of carbonyl (C=O) groups is 2. The fraction of sp³-hybridized carbons (Fsp3) is 0.667. The van der Waals surface area contributed by atoms with Crippen LogP contribution >= 0.6 is 0 Å². The van der Waals surface area contributed by atoms with Crippen molar-refractivity contribution in [1.29, 1.82) is 0 Å². The SMILES string of the molecule is COc1c([C@H]2CCCN2CCN2C(=O)CNC2=O)c(C)nn1C. The van der Waals surface area contributed by atoms with E-state index in [0.717, 1.165) is 36.5 Å². The minimum atomic E-state index is -0.291. The second-order valence-electron chi connectivity index (χ2n) is 6.03. The van der Waals surface area contributed by atoms with Crippen LogP contribution in [0.1, 0.15) is 30.1 Å². The van der Waals surface area contributed by atoms with Crippen molar-refractivity contribution in [3.63, 3.8) is 0 Å². The largest absolute Gasteiger partial charge is 0.481 e. The van der Waals surface area contributed by atoms with Crippen LogP contribution in [-0.2, 0) is 11.8 Å². The molecule has 0 spiro atoms. The third-order valence-corrected chi connectivity index (χ3v) is 4.65. The fourth-order valence-corrected chi connectivity index (χ4v) is 3.61. The number of hydrogen-bond donors (Lipinski definition) is 1. The van der Waals surface area contributed by atoms with Gasteiger partial charge in [0.05, 0.1) is 24.9 Å². The molecule has 0 unspecified atom stereocenters. The van der Waals surface area contributed by atoms with E-state index in [2.05, 4.69) is 15.3 Å². The number of carbonyl (C=O) groups excluding carboxylic acids is 2. The van der Waals surface area contributed by atoms with Gasteiger partial charge in [-0.15, -0.1) is 0 Å². The molecule has 3 heterocycles. The molecule has 8 nitrogen and oxygen atoms in total. The van der Waals surface area contributed by atoms with E-state index in [9.17, 15) is 9.59 Å². The van der Waals surface area contributed by atoms with Crippen LogP contribution in [0, 0.1) is 6.92 Å². The van der Waals surface area contributed by atoms with Crippen LogP contribution in [0.2, 0.25) is 0 Å². The number of rotatable bonds is 5. The lowest BCUT2D eigenvalue weighted by atomic mass is 10.1. The summed E-state index contributed by atoms with van der Waals surface area (Å²) in [6.45, 7) is 4.14. The average Bonchev–Trinajstić information content (AvgIpc) is 3.16. The van der Waals surface area contributed by atoms with Crippen molar-refractivity contribution in [2.45, 2.75) is 25.8 Å². The van der Waals surface area contributed by atoms with E-state index in [1.165, 1.54) is 4.90 Å². The lowest BCUT2D eigenvalue weighted by Crippen LogP contribution is -2.38. The first kappa shape index (κ1) is 15.8. The fourth-order valence-electron chi connectivity index (χ4n) is 3.61. The topological polar surface area (TPSA) is 79.7 Å². The van der Waals surface area contributed by atoms with Crippen molar-refractivity contribution in [3.8, 4) is 5.88 Å². The molecule has 0 aliphatic carbocycles. The monoisotopic (exact) mass is 321 g/mol. The Morgan fingerprint density at radius 2 is 2.13 bits per heavy atom. The zero-order chi connectivity index (χ0) is 16.6. The standard InChI is InChI=1S/C15H23N5O3/c1-10-13(14(23-3)18(2)17-10)11-5-4-6-19(11)7-8-20-12(21)9-16-15(20)22/h11H,4-9H2,1-3H3,(H,16,22)/t11-/m1/s1. The third kappa shape index (κ3) is 2.78. The normalized spacial score (nSPS) is 22.0. The molecule has 3 amide bonds. The summed E-state index contributed by atoms with van der Waals surface area (Å²) in [7, 11) is 3.54. The van der Waals surface area contributed by atoms with Gasteiger partial charge >= 0.3 is 6.03 Å². The molecule has 2 saturated heterocycles. The van der Waals surface area contributed by atoms with E-state index in [1.54, 1.807) is 11.8 Å². The molecule has 1 atom stereocenters. The second kappa shape index (κ2) is 6.19. The molecular weight excluding hydrogens is 298 g/mol. The Bertz CT molecular complexity index is 611. The Balaban J connectivity index is 1.73. The number of likely N-dealkylation sites (tertiary alicyclic amines) is 1. The Labute approximate surface area is 135 Å². The van der Waals surface area contributed by atoms with E-state index in [1.807, 2.05) is 14.0 Å². The Hall–Kier alpha value is -2.09. The highest BCUT2D eigenvalue weighted by atomic mass is 16.5. The number of nitrogens with zero attached hydrogens (tertiary/aromatic N) is 4. The molecule has 1 aromatic heterocycles. The summed E-state index contributed by atoms with van der Waals surface area (Å²) < 4.78 is 7.28. The highest BCUT2D eigenvalue weighted by Gasteiger charge is 2.34. The lowest BCUT2D eigenvalue weighted by Gasteiger charge is -2.26. The van der Waals surface area contributed by atoms with Gasteiger partial charge < -0.3 is 10.1 Å². The summed E-state index contributed by atoms with van der Waals surface area (Å²) in [5, 5.41) is 7.01. The predicted octanol–water partition coefficient (Wildman–Crippen LogP) is 0.426. The first-order chi connectivity index (χ1) is 11.0. The molecule has 0 bridgehead atoms. The van der Waals surface area contributed by atoms with Gasteiger partial charge in [0.1, 0.15) is 0 Å². The summed E-state index contributed by atoms with van der Waals surface area (Å²) in [6, 6.07) is -0.0692. The number of nitrogens with one attached hydrogen (secondary N) is 1. The molecule has 1 N–H and O–H groups in total. The van der Waals surface area contributed by atoms with Crippen molar-refractivity contribution >= 4 is 11.9 Å². The first-order valence-corrected chi connectivity index (χ1v) is 7.92. The highest BCUT2D eigenvalue weighted by molar-refractivity contribution is 6.01. The van der Waals surface area contributed by atoms with E-state index in [4.69, 9.17) is 4.74 Å². The number of imide groups is 1. The molecular formula is C15H23N5O3. The summed E-state index contributed by atoms with van der Waals surface area (Å²) in [6.07, 6.45) is 2.12. The summed E-state index contributed by atoms with van der Waals surface area (Å²) >= 11 is 0. The number of aromatic nitrogens is 2. The second-order valence-corrected chi connectivity index (χ2v) is 6.03. The molecule has 2 aliphatic heterocycles. The smallest absolute Gasteiger partial charge is 0.324 e. The summed E-state index contributed by atoms with van der Waals surface area (Å²) in [5.41, 5.74) is 2.08. The van der Waals surface area contributed by atoms with Crippen LogP contribution in [0.15, 0.2) is 0 Å². The van der Waals surface area contributed by atoms with Gasteiger partial charge in [-0.3, -0.25) is 14.6 Å². The quantitative estimate of drug-likeness (QED) is 0.796. The van der Waals surface area contributed by atoms with Crippen LogP contribution in [0.4, 0.5) is 4.79 Å². The average molecular weight is 321 g/mol. The van der Waals surface area contributed by atoms with Gasteiger partial charge in [0.15, 0.2) is 0 Å². The van der Waals surface area contributed by atoms with Crippen molar-refractivity contribution in [2.75, 3.05) is 33.3 Å². The van der Waals surface area contributed by atoms with Crippen molar-refractivity contribution < 1.29 is 14.3 Å². The molecule has 2 aliphatic rings. The Kier molecular flexibility index (Phi) is 4.25. The van der Waals surface area contributed by atoms with E-state index in [-0.39, 0.29) is 24.5 Å².